The fraction of sp³-hybridized carbons (Fsp3) is 0.150. The van der Waals surface area contributed by atoms with Crippen LogP contribution >= 0.6 is 11.3 Å². The largest absolute Gasteiger partial charge is 0.433 e. The van der Waals surface area contributed by atoms with Gasteiger partial charge >= 0.3 is 6.61 Å². The van der Waals surface area contributed by atoms with Crippen molar-refractivity contribution in [2.24, 2.45) is 0 Å². The Morgan fingerprint density at radius 1 is 1.28 bits per heavy atom. The fourth-order valence-corrected chi connectivity index (χ4v) is 3.66. The topological polar surface area (TPSA) is 69.0 Å². The van der Waals surface area contributed by atoms with Crippen LogP contribution in [0.25, 0.3) is 21.6 Å². The molecule has 3 aromatic heterocycles. The SMILES string of the molecule is CCn1ncc2c(C(=O)Nc3ccccc3OC(F)F)cc(-c3cccs3)nc21. The number of hydrogen-bond acceptors (Lipinski definition) is 5. The molecule has 3 heterocycles. The molecule has 148 valence electrons. The van der Waals surface area contributed by atoms with E-state index < -0.39 is 12.5 Å². The Morgan fingerprint density at radius 3 is 2.83 bits per heavy atom. The summed E-state index contributed by atoms with van der Waals surface area (Å²) >= 11 is 1.51. The molecule has 0 aliphatic carbocycles. The Morgan fingerprint density at radius 2 is 2.10 bits per heavy atom. The minimum Gasteiger partial charge on any atom is -0.433 e. The highest BCUT2D eigenvalue weighted by Crippen LogP contribution is 2.30. The summed E-state index contributed by atoms with van der Waals surface area (Å²) in [7, 11) is 0. The van der Waals surface area contributed by atoms with Crippen molar-refractivity contribution < 1.29 is 18.3 Å². The third-order valence-corrected chi connectivity index (χ3v) is 5.17. The Bertz CT molecular complexity index is 1160. The number of nitrogens with one attached hydrogen (secondary N) is 1. The normalized spacial score (nSPS) is 11.2. The highest BCUT2D eigenvalue weighted by atomic mass is 32.1. The second-order valence-electron chi connectivity index (χ2n) is 6.06. The van der Waals surface area contributed by atoms with E-state index in [0.29, 0.717) is 28.8 Å². The zero-order valence-corrected chi connectivity index (χ0v) is 16.1. The zero-order chi connectivity index (χ0) is 20.4. The molecule has 0 aliphatic heterocycles. The number of carbonyl (C=O) groups is 1. The second-order valence-corrected chi connectivity index (χ2v) is 7.01. The van der Waals surface area contributed by atoms with Crippen molar-refractivity contribution in [1.29, 1.82) is 0 Å². The van der Waals surface area contributed by atoms with Gasteiger partial charge < -0.3 is 10.1 Å². The molecular weight excluding hydrogens is 398 g/mol. The minimum atomic E-state index is -2.99. The predicted octanol–water partition coefficient (Wildman–Crippen LogP) is 5.03. The van der Waals surface area contributed by atoms with Gasteiger partial charge in [0.2, 0.25) is 0 Å². The molecule has 1 aromatic carbocycles. The van der Waals surface area contributed by atoms with Crippen LogP contribution in [0, 0.1) is 0 Å². The number of aromatic nitrogens is 3. The molecule has 0 aliphatic rings. The van der Waals surface area contributed by atoms with E-state index in [-0.39, 0.29) is 11.4 Å². The average molecular weight is 414 g/mol. The van der Waals surface area contributed by atoms with E-state index in [4.69, 9.17) is 0 Å². The van der Waals surface area contributed by atoms with Crippen molar-refractivity contribution in [1.82, 2.24) is 14.8 Å². The highest BCUT2D eigenvalue weighted by Gasteiger charge is 2.19. The lowest BCUT2D eigenvalue weighted by molar-refractivity contribution is -0.0493. The van der Waals surface area contributed by atoms with Crippen LogP contribution in [0.4, 0.5) is 14.5 Å². The summed E-state index contributed by atoms with van der Waals surface area (Å²) in [6.07, 6.45) is 1.58. The first-order valence-electron chi connectivity index (χ1n) is 8.82. The number of benzene rings is 1. The van der Waals surface area contributed by atoms with Gasteiger partial charge in [0, 0.05) is 6.54 Å². The number of carbonyl (C=O) groups excluding carboxylic acids is 1. The first kappa shape index (κ1) is 19.0. The summed E-state index contributed by atoms with van der Waals surface area (Å²) in [6.45, 7) is -0.464. The maximum absolute atomic E-state index is 13.1. The lowest BCUT2D eigenvalue weighted by Gasteiger charge is -2.12. The molecule has 0 saturated carbocycles. The van der Waals surface area contributed by atoms with Crippen molar-refractivity contribution in [2.75, 3.05) is 5.32 Å². The summed E-state index contributed by atoms with van der Waals surface area (Å²) in [5.41, 5.74) is 1.74. The van der Waals surface area contributed by atoms with E-state index in [9.17, 15) is 13.6 Å². The number of para-hydroxylation sites is 2. The van der Waals surface area contributed by atoms with Gasteiger partial charge in [0.05, 0.1) is 33.4 Å². The maximum Gasteiger partial charge on any atom is 0.387 e. The van der Waals surface area contributed by atoms with Crippen LogP contribution in [0.5, 0.6) is 5.75 Å². The molecule has 0 atom stereocenters. The molecule has 0 spiro atoms. The van der Waals surface area contributed by atoms with Gasteiger partial charge in [0.15, 0.2) is 5.65 Å². The molecule has 1 amide bonds. The number of pyridine rings is 1. The van der Waals surface area contributed by atoms with Crippen LogP contribution < -0.4 is 10.1 Å². The second kappa shape index (κ2) is 7.96. The van der Waals surface area contributed by atoms with Gasteiger partial charge in [-0.25, -0.2) is 9.67 Å². The minimum absolute atomic E-state index is 0.108. The number of ether oxygens (including phenoxy) is 1. The van der Waals surface area contributed by atoms with Crippen LogP contribution in [0.1, 0.15) is 17.3 Å². The van der Waals surface area contributed by atoms with Crippen molar-refractivity contribution in [3.63, 3.8) is 0 Å². The number of nitrogens with zero attached hydrogens (tertiary/aromatic N) is 3. The van der Waals surface area contributed by atoms with Crippen molar-refractivity contribution in [3.8, 4) is 16.3 Å². The average Bonchev–Trinajstić information content (AvgIpc) is 3.38. The van der Waals surface area contributed by atoms with Gasteiger partial charge in [0.1, 0.15) is 5.75 Å². The van der Waals surface area contributed by atoms with Gasteiger partial charge in [-0.05, 0) is 36.6 Å². The van der Waals surface area contributed by atoms with Crippen LogP contribution in [0.3, 0.4) is 0 Å². The molecule has 4 rings (SSSR count). The van der Waals surface area contributed by atoms with Crippen LogP contribution in [-0.2, 0) is 6.54 Å². The quantitative estimate of drug-likeness (QED) is 0.480. The van der Waals surface area contributed by atoms with Crippen molar-refractivity contribution in [3.05, 3.63) is 59.6 Å². The Balaban J connectivity index is 1.77. The molecule has 0 unspecified atom stereocenters. The molecule has 29 heavy (non-hydrogen) atoms. The van der Waals surface area contributed by atoms with Crippen LogP contribution in [0.2, 0.25) is 0 Å². The molecule has 0 saturated heterocycles. The summed E-state index contributed by atoms with van der Waals surface area (Å²) in [4.78, 5) is 18.6. The van der Waals surface area contributed by atoms with Gasteiger partial charge in [-0.15, -0.1) is 11.3 Å². The molecule has 4 aromatic rings. The number of halogens is 2. The Kier molecular flexibility index (Phi) is 5.22. The Labute approximate surface area is 168 Å². The molecule has 0 fully saturated rings. The Hall–Kier alpha value is -3.33. The molecule has 1 N–H and O–H groups in total. The summed E-state index contributed by atoms with van der Waals surface area (Å²) in [5, 5.41) is 9.47. The molecule has 0 radical (unpaired) electrons. The van der Waals surface area contributed by atoms with Crippen molar-refractivity contribution in [2.45, 2.75) is 20.1 Å². The van der Waals surface area contributed by atoms with E-state index in [2.05, 4.69) is 20.1 Å². The first-order chi connectivity index (χ1) is 14.1. The number of aryl methyl sites for hydroxylation is 1. The van der Waals surface area contributed by atoms with Crippen molar-refractivity contribution >= 4 is 34.0 Å². The number of alkyl halides is 2. The lowest BCUT2D eigenvalue weighted by atomic mass is 10.1. The first-order valence-corrected chi connectivity index (χ1v) is 9.70. The van der Waals surface area contributed by atoms with E-state index in [1.165, 1.54) is 23.5 Å². The number of hydrogen-bond donors (Lipinski definition) is 1. The number of anilines is 1. The monoisotopic (exact) mass is 414 g/mol. The van der Waals surface area contributed by atoms with Crippen LogP contribution in [0.15, 0.2) is 54.0 Å². The molecule has 0 bridgehead atoms. The number of rotatable bonds is 6. The van der Waals surface area contributed by atoms with Gasteiger partial charge in [-0.1, -0.05) is 18.2 Å². The van der Waals surface area contributed by atoms with E-state index in [1.54, 1.807) is 29.1 Å². The highest BCUT2D eigenvalue weighted by molar-refractivity contribution is 7.13. The van der Waals surface area contributed by atoms with E-state index in [1.807, 2.05) is 24.4 Å². The molecular formula is C20H16F2N4O2S. The number of amides is 1. The van der Waals surface area contributed by atoms with E-state index >= 15 is 0 Å². The molecule has 6 nitrogen and oxygen atoms in total. The van der Waals surface area contributed by atoms with Gasteiger partial charge in [-0.3, -0.25) is 4.79 Å². The maximum atomic E-state index is 13.1. The van der Waals surface area contributed by atoms with Crippen LogP contribution in [-0.4, -0.2) is 27.3 Å². The van der Waals surface area contributed by atoms with E-state index in [0.717, 1.165) is 4.88 Å². The number of thiophene rings is 1. The third-order valence-electron chi connectivity index (χ3n) is 4.28. The summed E-state index contributed by atoms with van der Waals surface area (Å²) < 4.78 is 31.5. The van der Waals surface area contributed by atoms with Gasteiger partial charge in [-0.2, -0.15) is 13.9 Å². The van der Waals surface area contributed by atoms with Gasteiger partial charge in [0.25, 0.3) is 5.91 Å². The third kappa shape index (κ3) is 3.81. The zero-order valence-electron chi connectivity index (χ0n) is 15.3. The number of fused-ring (bicyclic) bond motifs is 1. The standard InChI is InChI=1S/C20H16F2N4O2S/c1-2-26-18-13(11-23-26)12(10-15(24-18)17-8-5-9-29-17)19(27)25-14-6-3-4-7-16(14)28-20(21)22/h3-11,20H,2H2,1H3,(H,25,27). The summed E-state index contributed by atoms with van der Waals surface area (Å²) in [5.74, 6) is -0.569. The fourth-order valence-electron chi connectivity index (χ4n) is 2.98. The summed E-state index contributed by atoms with van der Waals surface area (Å²) in [6, 6.07) is 11.6. The predicted molar refractivity (Wildman–Crippen MR) is 108 cm³/mol. The lowest BCUT2D eigenvalue weighted by Crippen LogP contribution is -2.15. The molecule has 9 heteroatoms. The smallest absolute Gasteiger partial charge is 0.387 e.